The van der Waals surface area contributed by atoms with Gasteiger partial charge in [0.1, 0.15) is 0 Å². The van der Waals surface area contributed by atoms with E-state index in [1.165, 1.54) is 0 Å². The second-order valence-corrected chi connectivity index (χ2v) is 5.12. The number of nitrogens with zero attached hydrogens (tertiary/aromatic N) is 6. The number of aromatic nitrogens is 6. The fourth-order valence-electron chi connectivity index (χ4n) is 2.64. The van der Waals surface area contributed by atoms with E-state index in [-0.39, 0.29) is 6.04 Å². The lowest BCUT2D eigenvalue weighted by molar-refractivity contribution is 0.480. The number of hydrogen-bond donors (Lipinski definition) is 1. The summed E-state index contributed by atoms with van der Waals surface area (Å²) >= 11 is 0. The molecule has 1 aliphatic heterocycles. The summed E-state index contributed by atoms with van der Waals surface area (Å²) in [6.45, 7) is 0.880. The Labute approximate surface area is 121 Å². The van der Waals surface area contributed by atoms with Crippen LogP contribution in [0.1, 0.15) is 18.0 Å². The number of anilines is 1. The van der Waals surface area contributed by atoms with Crippen LogP contribution < -0.4 is 5.32 Å². The van der Waals surface area contributed by atoms with Gasteiger partial charge in [-0.2, -0.15) is 10.1 Å². The molecule has 7 heteroatoms. The second kappa shape index (κ2) is 4.69. The standard InChI is InChI=1S/C14H15N7/c1-20-9-11(8-17-20)12-4-6-16-14-18-13(19-21(12)14)10-3-2-5-15-7-10/h2-3,5,7-9,12H,4,6H2,1H3,(H,16,18,19). The average molecular weight is 281 g/mol. The van der Waals surface area contributed by atoms with Gasteiger partial charge in [0, 0.05) is 43.3 Å². The van der Waals surface area contributed by atoms with Gasteiger partial charge in [-0.05, 0) is 18.6 Å². The van der Waals surface area contributed by atoms with Gasteiger partial charge < -0.3 is 5.32 Å². The first-order valence-corrected chi connectivity index (χ1v) is 6.90. The Kier molecular flexibility index (Phi) is 2.70. The Balaban J connectivity index is 1.76. The first-order valence-electron chi connectivity index (χ1n) is 6.90. The maximum atomic E-state index is 4.65. The summed E-state index contributed by atoms with van der Waals surface area (Å²) in [5.74, 6) is 1.50. The molecule has 0 radical (unpaired) electrons. The van der Waals surface area contributed by atoms with Crippen LogP contribution in [0.25, 0.3) is 11.4 Å². The minimum Gasteiger partial charge on any atom is -0.354 e. The summed E-state index contributed by atoms with van der Waals surface area (Å²) in [7, 11) is 1.92. The van der Waals surface area contributed by atoms with Gasteiger partial charge in [0.25, 0.3) is 0 Å². The lowest BCUT2D eigenvalue weighted by Gasteiger charge is -2.23. The van der Waals surface area contributed by atoms with Crippen LogP contribution in [0.4, 0.5) is 5.95 Å². The third kappa shape index (κ3) is 2.06. The van der Waals surface area contributed by atoms with E-state index in [0.29, 0.717) is 5.82 Å². The van der Waals surface area contributed by atoms with Crippen LogP contribution in [0.15, 0.2) is 36.9 Å². The molecule has 1 unspecified atom stereocenters. The highest BCUT2D eigenvalue weighted by atomic mass is 15.4. The molecule has 3 aromatic heterocycles. The van der Waals surface area contributed by atoms with Crippen molar-refractivity contribution in [3.8, 4) is 11.4 Å². The van der Waals surface area contributed by atoms with Crippen molar-refractivity contribution in [2.75, 3.05) is 11.9 Å². The highest BCUT2D eigenvalue weighted by molar-refractivity contribution is 5.55. The summed E-state index contributed by atoms with van der Waals surface area (Å²) < 4.78 is 3.76. The summed E-state index contributed by atoms with van der Waals surface area (Å²) in [5, 5.41) is 12.2. The average Bonchev–Trinajstić information content (AvgIpc) is 3.14. The molecule has 4 heterocycles. The normalized spacial score (nSPS) is 17.3. The predicted molar refractivity (Wildman–Crippen MR) is 77.7 cm³/mol. The molecule has 0 aromatic carbocycles. The fraction of sp³-hybridized carbons (Fsp3) is 0.286. The minimum absolute atomic E-state index is 0.174. The van der Waals surface area contributed by atoms with E-state index in [2.05, 4.69) is 25.5 Å². The maximum absolute atomic E-state index is 4.65. The van der Waals surface area contributed by atoms with Gasteiger partial charge in [-0.1, -0.05) is 0 Å². The van der Waals surface area contributed by atoms with E-state index >= 15 is 0 Å². The highest BCUT2D eigenvalue weighted by Crippen LogP contribution is 2.29. The van der Waals surface area contributed by atoms with Gasteiger partial charge in [-0.15, -0.1) is 5.10 Å². The van der Waals surface area contributed by atoms with Gasteiger partial charge in [-0.3, -0.25) is 9.67 Å². The largest absolute Gasteiger partial charge is 0.354 e. The van der Waals surface area contributed by atoms with Crippen LogP contribution in [0.5, 0.6) is 0 Å². The molecule has 21 heavy (non-hydrogen) atoms. The zero-order valence-electron chi connectivity index (χ0n) is 11.6. The molecule has 1 aliphatic rings. The molecule has 1 N–H and O–H groups in total. The van der Waals surface area contributed by atoms with Crippen molar-refractivity contribution in [3.05, 3.63) is 42.5 Å². The molecule has 0 spiro atoms. The molecule has 0 saturated carbocycles. The van der Waals surface area contributed by atoms with Crippen LogP contribution in [0, 0.1) is 0 Å². The lowest BCUT2D eigenvalue weighted by atomic mass is 10.1. The van der Waals surface area contributed by atoms with Crippen molar-refractivity contribution in [1.82, 2.24) is 29.5 Å². The first-order chi connectivity index (χ1) is 10.3. The van der Waals surface area contributed by atoms with Crippen molar-refractivity contribution in [2.45, 2.75) is 12.5 Å². The number of nitrogens with one attached hydrogen (secondary N) is 1. The molecule has 4 rings (SSSR count). The Bertz CT molecular complexity index is 759. The molecule has 0 aliphatic carbocycles. The zero-order valence-corrected chi connectivity index (χ0v) is 11.6. The number of hydrogen-bond acceptors (Lipinski definition) is 5. The molecule has 7 nitrogen and oxygen atoms in total. The number of rotatable bonds is 2. The van der Waals surface area contributed by atoms with E-state index in [9.17, 15) is 0 Å². The minimum atomic E-state index is 0.174. The quantitative estimate of drug-likeness (QED) is 0.770. The van der Waals surface area contributed by atoms with Gasteiger partial charge in [0.2, 0.25) is 5.95 Å². The molecule has 0 fully saturated rings. The van der Waals surface area contributed by atoms with Gasteiger partial charge >= 0.3 is 0 Å². The van der Waals surface area contributed by atoms with Crippen LogP contribution >= 0.6 is 0 Å². The molecule has 0 saturated heterocycles. The molecule has 3 aromatic rings. The van der Waals surface area contributed by atoms with Crippen molar-refractivity contribution in [2.24, 2.45) is 7.05 Å². The third-order valence-corrected chi connectivity index (χ3v) is 3.66. The van der Waals surface area contributed by atoms with E-state index in [1.54, 1.807) is 12.4 Å². The maximum Gasteiger partial charge on any atom is 0.222 e. The van der Waals surface area contributed by atoms with Gasteiger partial charge in [0.15, 0.2) is 5.82 Å². The van der Waals surface area contributed by atoms with Crippen molar-refractivity contribution in [3.63, 3.8) is 0 Å². The van der Waals surface area contributed by atoms with Crippen LogP contribution in [-0.2, 0) is 7.05 Å². The topological polar surface area (TPSA) is 73.5 Å². The molecule has 1 atom stereocenters. The zero-order chi connectivity index (χ0) is 14.2. The SMILES string of the molecule is Cn1cc(C2CCNc3nc(-c4cccnc4)nn32)cn1. The number of pyridine rings is 1. The molecular formula is C14H15N7. The summed E-state index contributed by atoms with van der Waals surface area (Å²) in [4.78, 5) is 8.70. The molecular weight excluding hydrogens is 266 g/mol. The number of fused-ring (bicyclic) bond motifs is 1. The molecule has 106 valence electrons. The summed E-state index contributed by atoms with van der Waals surface area (Å²) in [6, 6.07) is 4.03. The smallest absolute Gasteiger partial charge is 0.222 e. The van der Waals surface area contributed by atoms with Crippen LogP contribution in [0.2, 0.25) is 0 Å². The van der Waals surface area contributed by atoms with E-state index in [0.717, 1.165) is 30.0 Å². The summed E-state index contributed by atoms with van der Waals surface area (Å²) in [5.41, 5.74) is 2.08. The van der Waals surface area contributed by atoms with E-state index < -0.39 is 0 Å². The van der Waals surface area contributed by atoms with Crippen LogP contribution in [0.3, 0.4) is 0 Å². The Hall–Kier alpha value is -2.70. The second-order valence-electron chi connectivity index (χ2n) is 5.12. The van der Waals surface area contributed by atoms with Gasteiger partial charge in [-0.25, -0.2) is 4.68 Å². The van der Waals surface area contributed by atoms with Crippen LogP contribution in [-0.4, -0.2) is 36.1 Å². The van der Waals surface area contributed by atoms with Gasteiger partial charge in [0.05, 0.1) is 12.2 Å². The fourth-order valence-corrected chi connectivity index (χ4v) is 2.64. The first kappa shape index (κ1) is 12.1. The summed E-state index contributed by atoms with van der Waals surface area (Å²) in [6.07, 6.45) is 8.42. The Morgan fingerprint density at radius 3 is 3.05 bits per heavy atom. The van der Waals surface area contributed by atoms with Crippen molar-refractivity contribution < 1.29 is 0 Å². The van der Waals surface area contributed by atoms with E-state index in [4.69, 9.17) is 0 Å². The van der Waals surface area contributed by atoms with E-state index in [1.807, 2.05) is 40.9 Å². The lowest BCUT2D eigenvalue weighted by Crippen LogP contribution is -2.24. The van der Waals surface area contributed by atoms with Crippen molar-refractivity contribution >= 4 is 5.95 Å². The highest BCUT2D eigenvalue weighted by Gasteiger charge is 2.25. The molecule has 0 bridgehead atoms. The Morgan fingerprint density at radius 1 is 1.33 bits per heavy atom. The third-order valence-electron chi connectivity index (χ3n) is 3.66. The molecule has 0 amide bonds. The number of aryl methyl sites for hydroxylation is 1. The van der Waals surface area contributed by atoms with Crippen molar-refractivity contribution in [1.29, 1.82) is 0 Å². The monoisotopic (exact) mass is 281 g/mol. The predicted octanol–water partition coefficient (Wildman–Crippen LogP) is 1.48. The Morgan fingerprint density at radius 2 is 2.29 bits per heavy atom.